The third kappa shape index (κ3) is 1.35. The summed E-state index contributed by atoms with van der Waals surface area (Å²) in [5.74, 6) is 0.543. The zero-order chi connectivity index (χ0) is 15.7. The van der Waals surface area contributed by atoms with Gasteiger partial charge in [0.1, 0.15) is 0 Å². The first-order chi connectivity index (χ1) is 10.4. The minimum absolute atomic E-state index is 0.216. The first-order valence-corrected chi connectivity index (χ1v) is 7.77. The fraction of sp³-hybridized carbons (Fsp3) is 0.667. The van der Waals surface area contributed by atoms with Gasteiger partial charge in [0, 0.05) is 21.6 Å². The lowest BCUT2D eigenvalue weighted by Gasteiger charge is -2.66. The van der Waals surface area contributed by atoms with Crippen molar-refractivity contribution in [3.05, 3.63) is 34.9 Å². The molecule has 3 aliphatic rings. The maximum Gasteiger partial charge on any atom is 0.0394 e. The topological polar surface area (TPSA) is 3.24 Å². The van der Waals surface area contributed by atoms with E-state index in [1.54, 1.807) is 0 Å². The second-order valence-corrected chi connectivity index (χ2v) is 6.83. The predicted molar refractivity (Wildman–Crippen MR) is 79.5 cm³/mol. The molecule has 4 atom stereocenters. The molecule has 2 unspecified atom stereocenters. The summed E-state index contributed by atoms with van der Waals surface area (Å²) in [5.41, 5.74) is 4.48. The van der Waals surface area contributed by atoms with E-state index in [0.717, 1.165) is 25.7 Å². The van der Waals surface area contributed by atoms with E-state index in [9.17, 15) is 0 Å². The molecular formula is C18H25N. The van der Waals surface area contributed by atoms with Crippen molar-refractivity contribution in [2.45, 2.75) is 63.5 Å². The smallest absolute Gasteiger partial charge is 0.0394 e. The third-order valence-electron chi connectivity index (χ3n) is 6.17. The number of rotatable bonds is 1. The summed E-state index contributed by atoms with van der Waals surface area (Å²) >= 11 is 0. The van der Waals surface area contributed by atoms with Gasteiger partial charge in [-0.1, -0.05) is 37.1 Å². The Hall–Kier alpha value is -0.820. The first-order valence-electron chi connectivity index (χ1n) is 9.27. The maximum absolute atomic E-state index is 7.93. The second kappa shape index (κ2) is 3.85. The van der Waals surface area contributed by atoms with E-state index < -0.39 is 6.98 Å². The zero-order valence-corrected chi connectivity index (χ0v) is 11.9. The Kier molecular flexibility index (Phi) is 1.86. The molecule has 2 aliphatic carbocycles. The van der Waals surface area contributed by atoms with Crippen LogP contribution in [-0.4, -0.2) is 24.0 Å². The summed E-state index contributed by atoms with van der Waals surface area (Å²) < 4.78 is 23.8. The number of fused-ring (bicyclic) bond motifs is 2. The molecule has 0 amide bonds. The highest BCUT2D eigenvalue weighted by Crippen LogP contribution is 2.59. The van der Waals surface area contributed by atoms with Crippen molar-refractivity contribution < 1.29 is 4.11 Å². The maximum atomic E-state index is 7.93. The van der Waals surface area contributed by atoms with E-state index in [0.29, 0.717) is 5.92 Å². The van der Waals surface area contributed by atoms with Crippen LogP contribution < -0.4 is 0 Å². The molecule has 1 aromatic rings. The number of hydrogen-bond donors (Lipinski definition) is 0. The Balaban J connectivity index is 1.85. The average Bonchev–Trinajstić information content (AvgIpc) is 2.44. The van der Waals surface area contributed by atoms with Crippen LogP contribution in [-0.2, 0) is 11.8 Å². The molecule has 0 radical (unpaired) electrons. The van der Waals surface area contributed by atoms with Gasteiger partial charge in [0.2, 0.25) is 0 Å². The van der Waals surface area contributed by atoms with Crippen LogP contribution in [0.5, 0.6) is 0 Å². The Bertz CT molecular complexity index is 609. The molecule has 1 saturated carbocycles. The summed E-state index contributed by atoms with van der Waals surface area (Å²) in [7, 11) is 0. The molecular weight excluding hydrogens is 230 g/mol. The molecule has 102 valence electrons. The van der Waals surface area contributed by atoms with Crippen molar-refractivity contribution in [2.24, 2.45) is 5.92 Å². The third-order valence-corrected chi connectivity index (χ3v) is 6.17. The number of aryl methyl sites for hydroxylation is 1. The molecule has 1 saturated heterocycles. The summed E-state index contributed by atoms with van der Waals surface area (Å²) in [6, 6.07) is 7.29. The van der Waals surface area contributed by atoms with Crippen LogP contribution in [0.1, 0.15) is 53.4 Å². The predicted octanol–water partition coefficient (Wildman–Crippen LogP) is 3.68. The normalized spacial score (nSPS) is 43.3. The van der Waals surface area contributed by atoms with Crippen LogP contribution in [0.4, 0.5) is 0 Å². The second-order valence-electron chi connectivity index (χ2n) is 6.83. The zero-order valence-electron chi connectivity index (χ0n) is 14.9. The van der Waals surface area contributed by atoms with Crippen LogP contribution in [0.15, 0.2) is 18.2 Å². The molecule has 1 heteroatoms. The summed E-state index contributed by atoms with van der Waals surface area (Å²) in [6.45, 7) is 2.53. The highest BCUT2D eigenvalue weighted by molar-refractivity contribution is 5.44. The van der Waals surface area contributed by atoms with Gasteiger partial charge in [-0.3, -0.25) is 4.90 Å². The molecule has 19 heavy (non-hydrogen) atoms. The molecule has 1 aliphatic heterocycles. The minimum atomic E-state index is -1.94. The monoisotopic (exact) mass is 258 g/mol. The average molecular weight is 258 g/mol. The number of hydrogen-bond acceptors (Lipinski definition) is 1. The summed E-state index contributed by atoms with van der Waals surface area (Å²) in [5, 5.41) is 0. The number of nitrogens with zero attached hydrogens (tertiary/aromatic N) is 1. The van der Waals surface area contributed by atoms with Crippen LogP contribution in [0.3, 0.4) is 0 Å². The lowest BCUT2D eigenvalue weighted by atomic mass is 9.49. The van der Waals surface area contributed by atoms with E-state index in [4.69, 9.17) is 4.11 Å². The molecule has 0 spiro atoms. The van der Waals surface area contributed by atoms with Crippen molar-refractivity contribution in [1.29, 1.82) is 0 Å². The Morgan fingerprint density at radius 2 is 2.32 bits per heavy atom. The van der Waals surface area contributed by atoms with E-state index >= 15 is 0 Å². The van der Waals surface area contributed by atoms with Crippen molar-refractivity contribution in [1.82, 2.24) is 4.90 Å². The van der Waals surface area contributed by atoms with Crippen LogP contribution in [0, 0.1) is 12.8 Å². The lowest BCUT2D eigenvalue weighted by molar-refractivity contribution is -0.115. The van der Waals surface area contributed by atoms with E-state index in [-0.39, 0.29) is 17.5 Å². The van der Waals surface area contributed by atoms with Gasteiger partial charge in [-0.25, -0.2) is 0 Å². The first kappa shape index (κ1) is 9.18. The Labute approximate surface area is 121 Å². The van der Waals surface area contributed by atoms with E-state index in [2.05, 4.69) is 32.0 Å². The van der Waals surface area contributed by atoms with Gasteiger partial charge in [-0.2, -0.15) is 0 Å². The van der Waals surface area contributed by atoms with Gasteiger partial charge in [0.25, 0.3) is 0 Å². The molecule has 1 heterocycles. The fourth-order valence-electron chi connectivity index (χ4n) is 5.29. The van der Waals surface area contributed by atoms with Gasteiger partial charge in [-0.05, 0) is 56.6 Å². The molecule has 2 fully saturated rings. The highest BCUT2D eigenvalue weighted by atomic mass is 15.3. The molecule has 1 aromatic carbocycles. The van der Waals surface area contributed by atoms with Crippen molar-refractivity contribution in [3.8, 4) is 0 Å². The quantitative estimate of drug-likeness (QED) is 0.742. The van der Waals surface area contributed by atoms with Gasteiger partial charge < -0.3 is 0 Å². The largest absolute Gasteiger partial charge is 0.299 e. The summed E-state index contributed by atoms with van der Waals surface area (Å²) in [6.07, 6.45) is 5.49. The number of benzene rings is 1. The van der Waals surface area contributed by atoms with Crippen LogP contribution in [0.25, 0.3) is 0 Å². The molecule has 4 rings (SSSR count). The van der Waals surface area contributed by atoms with Gasteiger partial charge in [0.15, 0.2) is 0 Å². The highest BCUT2D eigenvalue weighted by Gasteiger charge is 2.60. The molecule has 0 aromatic heterocycles. The van der Waals surface area contributed by atoms with Crippen molar-refractivity contribution >= 4 is 0 Å². The standard InChI is InChI=1S/C18H25N/c1-4-18-9-5-6-15-17(18)16(19(15)3)11-13-8-7-12(2)10-14(13)18/h7-8,10,15-17H,4-6,9,11H2,1-3H3/t15?,16-,17+,18?/m0/s1/i3D3. The number of likely N-dealkylation sites (N-methyl/N-ethyl adjacent to an activating group) is 1. The van der Waals surface area contributed by atoms with Crippen LogP contribution in [0.2, 0.25) is 0 Å². The minimum Gasteiger partial charge on any atom is -0.299 e. The molecule has 0 N–H and O–H groups in total. The Morgan fingerprint density at radius 3 is 3.11 bits per heavy atom. The van der Waals surface area contributed by atoms with E-state index in [1.807, 2.05) is 4.90 Å². The fourth-order valence-corrected chi connectivity index (χ4v) is 5.29. The van der Waals surface area contributed by atoms with Gasteiger partial charge in [-0.15, -0.1) is 0 Å². The number of likely N-dealkylation sites (tertiary alicyclic amines) is 1. The van der Waals surface area contributed by atoms with Crippen molar-refractivity contribution in [3.63, 3.8) is 0 Å². The SMILES string of the molecule is [2H]C([2H])([2H])N1C2CCCC3(CC)c4cc(C)ccc4C[C@H]1[C@@H]23. The summed E-state index contributed by atoms with van der Waals surface area (Å²) in [4.78, 5) is 1.87. The van der Waals surface area contributed by atoms with Crippen LogP contribution >= 0.6 is 0 Å². The van der Waals surface area contributed by atoms with E-state index in [1.165, 1.54) is 23.1 Å². The van der Waals surface area contributed by atoms with Crippen molar-refractivity contribution in [2.75, 3.05) is 6.98 Å². The molecule has 0 bridgehead atoms. The van der Waals surface area contributed by atoms with Gasteiger partial charge in [0.05, 0.1) is 0 Å². The van der Waals surface area contributed by atoms with Gasteiger partial charge >= 0.3 is 0 Å². The Morgan fingerprint density at radius 1 is 1.42 bits per heavy atom. The lowest BCUT2D eigenvalue weighted by Crippen LogP contribution is -2.72. The molecule has 1 nitrogen and oxygen atoms in total.